The van der Waals surface area contributed by atoms with Crippen LogP contribution in [-0.4, -0.2) is 7.11 Å². The number of fused-ring (bicyclic) bond motifs is 1. The molecule has 0 fully saturated rings. The highest BCUT2D eigenvalue weighted by atomic mass is 79.9. The fourth-order valence-corrected chi connectivity index (χ4v) is 2.65. The maximum atomic E-state index is 6.06. The first-order valence-electron chi connectivity index (χ1n) is 4.84. The molecule has 2 nitrogen and oxygen atoms in total. The lowest BCUT2D eigenvalue weighted by molar-refractivity contribution is 0.412. The minimum atomic E-state index is 0.171. The molecule has 76 valence electrons. The van der Waals surface area contributed by atoms with E-state index in [1.54, 1.807) is 7.11 Å². The average molecular weight is 256 g/mol. The number of halogens is 1. The highest BCUT2D eigenvalue weighted by Gasteiger charge is 2.19. The molecule has 1 aliphatic rings. The zero-order chi connectivity index (χ0) is 10.1. The van der Waals surface area contributed by atoms with Crippen LogP contribution in [-0.2, 0) is 6.42 Å². The Hall–Kier alpha value is -0.540. The van der Waals surface area contributed by atoms with Gasteiger partial charge in [-0.2, -0.15) is 0 Å². The van der Waals surface area contributed by atoms with Crippen molar-refractivity contribution < 1.29 is 4.74 Å². The molecule has 1 aliphatic carbocycles. The molecular weight excluding hydrogens is 242 g/mol. The monoisotopic (exact) mass is 255 g/mol. The van der Waals surface area contributed by atoms with Crippen molar-refractivity contribution in [3.8, 4) is 5.75 Å². The Bertz CT molecular complexity index is 351. The molecule has 0 bridgehead atoms. The zero-order valence-corrected chi connectivity index (χ0v) is 9.80. The molecule has 1 aromatic carbocycles. The van der Waals surface area contributed by atoms with E-state index in [1.807, 2.05) is 6.07 Å². The van der Waals surface area contributed by atoms with E-state index in [4.69, 9.17) is 10.5 Å². The Morgan fingerprint density at radius 3 is 3.00 bits per heavy atom. The predicted octanol–water partition coefficient (Wildman–Crippen LogP) is 2.79. The Labute approximate surface area is 92.6 Å². The van der Waals surface area contributed by atoms with E-state index in [9.17, 15) is 0 Å². The van der Waals surface area contributed by atoms with E-state index in [1.165, 1.54) is 17.5 Å². The molecule has 0 aliphatic heterocycles. The largest absolute Gasteiger partial charge is 0.497 e. The third-order valence-electron chi connectivity index (χ3n) is 2.78. The zero-order valence-electron chi connectivity index (χ0n) is 8.22. The lowest BCUT2D eigenvalue weighted by atomic mass is 9.88. The van der Waals surface area contributed by atoms with Crippen molar-refractivity contribution >= 4 is 15.9 Å². The number of nitrogens with two attached hydrogens (primary N) is 1. The molecular formula is C11H14BrNO. The Balaban J connectivity index is 2.51. The molecule has 2 rings (SSSR count). The molecule has 0 saturated carbocycles. The second-order valence-corrected chi connectivity index (χ2v) is 4.53. The SMILES string of the molecule is COc1cc(Br)c2c(c1)C(N)CCC2. The summed E-state index contributed by atoms with van der Waals surface area (Å²) in [6.07, 6.45) is 3.37. The number of ether oxygens (including phenoxy) is 1. The molecule has 1 unspecified atom stereocenters. The van der Waals surface area contributed by atoms with Crippen LogP contribution < -0.4 is 10.5 Å². The van der Waals surface area contributed by atoms with Crippen molar-refractivity contribution in [3.05, 3.63) is 27.7 Å². The molecule has 0 amide bonds. The van der Waals surface area contributed by atoms with Gasteiger partial charge >= 0.3 is 0 Å². The van der Waals surface area contributed by atoms with Gasteiger partial charge in [-0.15, -0.1) is 0 Å². The van der Waals surface area contributed by atoms with Crippen LogP contribution in [0.15, 0.2) is 16.6 Å². The van der Waals surface area contributed by atoms with Gasteiger partial charge in [-0.05, 0) is 42.5 Å². The topological polar surface area (TPSA) is 35.2 Å². The van der Waals surface area contributed by atoms with E-state index in [-0.39, 0.29) is 6.04 Å². The molecule has 0 heterocycles. The molecule has 1 aromatic rings. The van der Waals surface area contributed by atoms with Crippen LogP contribution in [0.3, 0.4) is 0 Å². The van der Waals surface area contributed by atoms with Crippen molar-refractivity contribution in [1.82, 2.24) is 0 Å². The number of hydrogen-bond acceptors (Lipinski definition) is 2. The minimum Gasteiger partial charge on any atom is -0.497 e. The van der Waals surface area contributed by atoms with Crippen LogP contribution in [0, 0.1) is 0 Å². The van der Waals surface area contributed by atoms with Crippen LogP contribution in [0.4, 0.5) is 0 Å². The smallest absolute Gasteiger partial charge is 0.120 e. The summed E-state index contributed by atoms with van der Waals surface area (Å²) in [6, 6.07) is 4.24. The Morgan fingerprint density at radius 2 is 2.29 bits per heavy atom. The van der Waals surface area contributed by atoms with Gasteiger partial charge < -0.3 is 10.5 Å². The quantitative estimate of drug-likeness (QED) is 0.838. The summed E-state index contributed by atoms with van der Waals surface area (Å²) < 4.78 is 6.35. The van der Waals surface area contributed by atoms with Gasteiger partial charge in [-0.3, -0.25) is 0 Å². The summed E-state index contributed by atoms with van der Waals surface area (Å²) in [7, 11) is 1.68. The number of hydrogen-bond donors (Lipinski definition) is 1. The molecule has 1 atom stereocenters. The summed E-state index contributed by atoms with van der Waals surface area (Å²) in [5, 5.41) is 0. The van der Waals surface area contributed by atoms with Gasteiger partial charge in [0.15, 0.2) is 0 Å². The summed E-state index contributed by atoms with van der Waals surface area (Å²) >= 11 is 3.57. The first-order valence-corrected chi connectivity index (χ1v) is 5.63. The van der Waals surface area contributed by atoms with Crippen molar-refractivity contribution in [2.24, 2.45) is 5.73 Å². The lowest BCUT2D eigenvalue weighted by Gasteiger charge is -2.23. The average Bonchev–Trinajstić information content (AvgIpc) is 2.19. The van der Waals surface area contributed by atoms with Crippen molar-refractivity contribution in [1.29, 1.82) is 0 Å². The molecule has 0 aromatic heterocycles. The number of benzene rings is 1. The second-order valence-electron chi connectivity index (χ2n) is 3.68. The highest BCUT2D eigenvalue weighted by Crippen LogP contribution is 2.36. The maximum Gasteiger partial charge on any atom is 0.120 e. The third-order valence-corrected chi connectivity index (χ3v) is 3.49. The summed E-state index contributed by atoms with van der Waals surface area (Å²) in [5.74, 6) is 0.882. The lowest BCUT2D eigenvalue weighted by Crippen LogP contribution is -2.17. The molecule has 14 heavy (non-hydrogen) atoms. The van der Waals surface area contributed by atoms with Crippen LogP contribution >= 0.6 is 15.9 Å². The van der Waals surface area contributed by atoms with Crippen LogP contribution in [0.1, 0.15) is 30.0 Å². The molecule has 0 saturated heterocycles. The summed E-state index contributed by atoms with van der Waals surface area (Å²) in [6.45, 7) is 0. The number of methoxy groups -OCH3 is 1. The van der Waals surface area contributed by atoms with Crippen molar-refractivity contribution in [2.45, 2.75) is 25.3 Å². The molecule has 0 spiro atoms. The molecule has 0 radical (unpaired) electrons. The first-order chi connectivity index (χ1) is 6.72. The van der Waals surface area contributed by atoms with Gasteiger partial charge in [0.1, 0.15) is 5.75 Å². The summed E-state index contributed by atoms with van der Waals surface area (Å²) in [5.41, 5.74) is 8.65. The third kappa shape index (κ3) is 1.66. The van der Waals surface area contributed by atoms with Gasteiger partial charge in [0.2, 0.25) is 0 Å². The molecule has 2 N–H and O–H groups in total. The van der Waals surface area contributed by atoms with E-state index < -0.39 is 0 Å². The predicted molar refractivity (Wildman–Crippen MR) is 60.6 cm³/mol. The van der Waals surface area contributed by atoms with Gasteiger partial charge in [0, 0.05) is 10.5 Å². The van der Waals surface area contributed by atoms with Crippen molar-refractivity contribution in [2.75, 3.05) is 7.11 Å². The Kier molecular flexibility index (Phi) is 2.79. The van der Waals surface area contributed by atoms with E-state index >= 15 is 0 Å². The second kappa shape index (κ2) is 3.91. The number of rotatable bonds is 1. The van der Waals surface area contributed by atoms with E-state index in [0.717, 1.165) is 23.1 Å². The summed E-state index contributed by atoms with van der Waals surface area (Å²) in [4.78, 5) is 0. The standard InChI is InChI=1S/C11H14BrNO/c1-14-7-5-9-8(10(12)6-7)3-2-4-11(9)13/h5-6,11H,2-4,13H2,1H3. The maximum absolute atomic E-state index is 6.06. The van der Waals surface area contributed by atoms with E-state index in [0.29, 0.717) is 0 Å². The highest BCUT2D eigenvalue weighted by molar-refractivity contribution is 9.10. The van der Waals surface area contributed by atoms with Crippen LogP contribution in [0.25, 0.3) is 0 Å². The Morgan fingerprint density at radius 1 is 1.50 bits per heavy atom. The normalized spacial score (nSPS) is 20.4. The fourth-order valence-electron chi connectivity index (χ4n) is 2.00. The van der Waals surface area contributed by atoms with E-state index in [2.05, 4.69) is 22.0 Å². The van der Waals surface area contributed by atoms with Crippen molar-refractivity contribution in [3.63, 3.8) is 0 Å². The first kappa shape index (κ1) is 9.99. The van der Waals surface area contributed by atoms with Gasteiger partial charge in [0.05, 0.1) is 7.11 Å². The van der Waals surface area contributed by atoms with Gasteiger partial charge in [-0.25, -0.2) is 0 Å². The van der Waals surface area contributed by atoms with Crippen LogP contribution in [0.2, 0.25) is 0 Å². The fraction of sp³-hybridized carbons (Fsp3) is 0.455. The van der Waals surface area contributed by atoms with Crippen LogP contribution in [0.5, 0.6) is 5.75 Å². The minimum absolute atomic E-state index is 0.171. The van der Waals surface area contributed by atoms with Gasteiger partial charge in [-0.1, -0.05) is 15.9 Å². The van der Waals surface area contributed by atoms with Gasteiger partial charge in [0.25, 0.3) is 0 Å². The molecule has 3 heteroatoms.